The molecule has 0 aromatic heterocycles. The van der Waals surface area contributed by atoms with Crippen LogP contribution in [0.25, 0.3) is 10.8 Å². The summed E-state index contributed by atoms with van der Waals surface area (Å²) in [6, 6.07) is 18.3. The molecule has 0 bridgehead atoms. The Hall–Kier alpha value is -3.45. The van der Waals surface area contributed by atoms with Gasteiger partial charge >= 0.3 is 0 Å². The molecule has 0 N–H and O–H groups in total. The third kappa shape index (κ3) is 3.77. The Morgan fingerprint density at radius 1 is 1.03 bits per heavy atom. The monoisotopic (exact) mass is 391 g/mol. The average Bonchev–Trinajstić information content (AvgIpc) is 2.78. The van der Waals surface area contributed by atoms with Crippen LogP contribution in [0.3, 0.4) is 0 Å². The lowest BCUT2D eigenvalue weighted by molar-refractivity contribution is -0.384. The minimum atomic E-state index is -0.433. The summed E-state index contributed by atoms with van der Waals surface area (Å²) in [7, 11) is 1.67. The van der Waals surface area contributed by atoms with E-state index in [1.54, 1.807) is 19.2 Å². The molecule has 148 valence electrons. The smallest absolute Gasteiger partial charge is 0.293 e. The standard InChI is InChI=1S/C22H21N3O4/c1-23(19-8-6-16-4-2-3-5-17(16)14-19)22(26)18-7-9-20(21(15-18)25(27)28)24-10-12-29-13-11-24/h2-9,14-15H,10-13H2,1H3. The minimum Gasteiger partial charge on any atom is -0.378 e. The topological polar surface area (TPSA) is 75.9 Å². The Bertz CT molecular complexity index is 1080. The highest BCUT2D eigenvalue weighted by Crippen LogP contribution is 2.31. The molecule has 7 heteroatoms. The summed E-state index contributed by atoms with van der Waals surface area (Å²) < 4.78 is 5.32. The minimum absolute atomic E-state index is 0.0651. The van der Waals surface area contributed by atoms with Crippen LogP contribution in [0.5, 0.6) is 0 Å². The molecule has 0 unspecified atom stereocenters. The van der Waals surface area contributed by atoms with Crippen molar-refractivity contribution in [3.05, 3.63) is 76.3 Å². The van der Waals surface area contributed by atoms with E-state index in [0.717, 1.165) is 16.5 Å². The molecule has 7 nitrogen and oxygen atoms in total. The maximum Gasteiger partial charge on any atom is 0.293 e. The fraction of sp³-hybridized carbons (Fsp3) is 0.227. The first kappa shape index (κ1) is 18.9. The molecule has 1 amide bonds. The van der Waals surface area contributed by atoms with Gasteiger partial charge in [-0.25, -0.2) is 0 Å². The van der Waals surface area contributed by atoms with E-state index in [1.165, 1.54) is 11.0 Å². The van der Waals surface area contributed by atoms with Crippen LogP contribution in [0, 0.1) is 10.1 Å². The van der Waals surface area contributed by atoms with Crippen LogP contribution >= 0.6 is 0 Å². The molecule has 1 aliphatic heterocycles. The van der Waals surface area contributed by atoms with Gasteiger partial charge in [0.15, 0.2) is 0 Å². The fourth-order valence-electron chi connectivity index (χ4n) is 3.57. The van der Waals surface area contributed by atoms with Crippen LogP contribution in [0.2, 0.25) is 0 Å². The van der Waals surface area contributed by atoms with Crippen molar-refractivity contribution in [2.75, 3.05) is 43.2 Å². The number of nitrogens with zero attached hydrogens (tertiary/aromatic N) is 3. The third-order valence-corrected chi connectivity index (χ3v) is 5.20. The number of fused-ring (bicyclic) bond motifs is 1. The largest absolute Gasteiger partial charge is 0.378 e. The number of hydrogen-bond donors (Lipinski definition) is 0. The molecule has 0 radical (unpaired) electrons. The Balaban J connectivity index is 1.64. The van der Waals surface area contributed by atoms with Crippen LogP contribution in [-0.4, -0.2) is 44.2 Å². The second kappa shape index (κ2) is 7.89. The highest BCUT2D eigenvalue weighted by atomic mass is 16.6. The molecule has 0 spiro atoms. The zero-order chi connectivity index (χ0) is 20.4. The number of anilines is 2. The van der Waals surface area contributed by atoms with Gasteiger partial charge in [-0.3, -0.25) is 14.9 Å². The lowest BCUT2D eigenvalue weighted by Crippen LogP contribution is -2.36. The van der Waals surface area contributed by atoms with Crippen LogP contribution in [0.4, 0.5) is 17.1 Å². The highest BCUT2D eigenvalue weighted by Gasteiger charge is 2.24. The van der Waals surface area contributed by atoms with Gasteiger partial charge in [0, 0.05) is 37.5 Å². The van der Waals surface area contributed by atoms with Gasteiger partial charge in [0.1, 0.15) is 5.69 Å². The van der Waals surface area contributed by atoms with E-state index in [2.05, 4.69) is 0 Å². The molecule has 0 saturated carbocycles. The fourth-order valence-corrected chi connectivity index (χ4v) is 3.57. The number of nitro benzene ring substituents is 1. The predicted octanol–water partition coefficient (Wildman–Crippen LogP) is 3.86. The highest BCUT2D eigenvalue weighted by molar-refractivity contribution is 6.07. The van der Waals surface area contributed by atoms with Crippen LogP contribution in [0.15, 0.2) is 60.7 Å². The van der Waals surface area contributed by atoms with E-state index in [4.69, 9.17) is 4.74 Å². The van der Waals surface area contributed by atoms with Gasteiger partial charge < -0.3 is 14.5 Å². The molecule has 1 heterocycles. The van der Waals surface area contributed by atoms with Crippen LogP contribution in [0.1, 0.15) is 10.4 Å². The van der Waals surface area contributed by atoms with Gasteiger partial charge in [-0.05, 0) is 35.0 Å². The first-order chi connectivity index (χ1) is 14.0. The van der Waals surface area contributed by atoms with Gasteiger partial charge in [0.2, 0.25) is 0 Å². The molecule has 3 aromatic rings. The number of amides is 1. The van der Waals surface area contributed by atoms with Crippen LogP contribution < -0.4 is 9.80 Å². The molecule has 0 atom stereocenters. The molecular weight excluding hydrogens is 370 g/mol. The van der Waals surface area contributed by atoms with Gasteiger partial charge in [0.25, 0.3) is 11.6 Å². The van der Waals surface area contributed by atoms with Crippen molar-refractivity contribution in [2.24, 2.45) is 0 Å². The SMILES string of the molecule is CN(C(=O)c1ccc(N2CCOCC2)c([N+](=O)[O-])c1)c1ccc2ccccc2c1. The molecule has 29 heavy (non-hydrogen) atoms. The number of rotatable bonds is 4. The molecule has 3 aromatic carbocycles. The number of carbonyl (C=O) groups is 1. The van der Waals surface area contributed by atoms with E-state index in [1.807, 2.05) is 47.4 Å². The van der Waals surface area contributed by atoms with Gasteiger partial charge in [-0.2, -0.15) is 0 Å². The van der Waals surface area contributed by atoms with Gasteiger partial charge in [-0.15, -0.1) is 0 Å². The summed E-state index contributed by atoms with van der Waals surface area (Å²) in [6.07, 6.45) is 0. The Kier molecular flexibility index (Phi) is 5.14. The quantitative estimate of drug-likeness (QED) is 0.499. The Labute approximate surface area is 168 Å². The second-order valence-corrected chi connectivity index (χ2v) is 6.96. The van der Waals surface area contributed by atoms with Crippen molar-refractivity contribution in [2.45, 2.75) is 0 Å². The zero-order valence-corrected chi connectivity index (χ0v) is 16.1. The summed E-state index contributed by atoms with van der Waals surface area (Å²) >= 11 is 0. The summed E-state index contributed by atoms with van der Waals surface area (Å²) in [5.74, 6) is -0.295. The van der Waals surface area contributed by atoms with Crippen LogP contribution in [-0.2, 0) is 4.74 Å². The Morgan fingerprint density at radius 2 is 1.76 bits per heavy atom. The van der Waals surface area contributed by atoms with Gasteiger partial charge in [-0.1, -0.05) is 30.3 Å². The van der Waals surface area contributed by atoms with Crippen molar-refractivity contribution in [3.63, 3.8) is 0 Å². The third-order valence-electron chi connectivity index (χ3n) is 5.20. The van der Waals surface area contributed by atoms with E-state index in [0.29, 0.717) is 32.0 Å². The summed E-state index contributed by atoms with van der Waals surface area (Å²) in [5.41, 5.74) is 1.46. The normalized spacial score (nSPS) is 14.0. The van der Waals surface area contributed by atoms with Crippen molar-refractivity contribution in [1.29, 1.82) is 0 Å². The van der Waals surface area contributed by atoms with E-state index < -0.39 is 4.92 Å². The van der Waals surface area contributed by atoms with Crippen molar-refractivity contribution in [3.8, 4) is 0 Å². The molecule has 1 aliphatic rings. The summed E-state index contributed by atoms with van der Waals surface area (Å²) in [6.45, 7) is 2.24. The molecule has 1 saturated heterocycles. The first-order valence-electron chi connectivity index (χ1n) is 9.42. The average molecular weight is 391 g/mol. The molecular formula is C22H21N3O4. The number of hydrogen-bond acceptors (Lipinski definition) is 5. The lowest BCUT2D eigenvalue weighted by atomic mass is 10.1. The number of carbonyl (C=O) groups excluding carboxylic acids is 1. The number of benzene rings is 3. The van der Waals surface area contributed by atoms with E-state index in [9.17, 15) is 14.9 Å². The lowest BCUT2D eigenvalue weighted by Gasteiger charge is -2.28. The second-order valence-electron chi connectivity index (χ2n) is 6.96. The van der Waals surface area contributed by atoms with Gasteiger partial charge in [0.05, 0.1) is 18.1 Å². The zero-order valence-electron chi connectivity index (χ0n) is 16.1. The predicted molar refractivity (Wildman–Crippen MR) is 113 cm³/mol. The Morgan fingerprint density at radius 3 is 2.48 bits per heavy atom. The van der Waals surface area contributed by atoms with Crippen molar-refractivity contribution < 1.29 is 14.5 Å². The molecule has 1 fully saturated rings. The van der Waals surface area contributed by atoms with E-state index in [-0.39, 0.29) is 17.2 Å². The molecule has 4 rings (SSSR count). The maximum atomic E-state index is 13.0. The molecule has 0 aliphatic carbocycles. The number of ether oxygens (including phenoxy) is 1. The maximum absolute atomic E-state index is 13.0. The first-order valence-corrected chi connectivity index (χ1v) is 9.42. The van der Waals surface area contributed by atoms with Crippen molar-refractivity contribution >= 4 is 33.7 Å². The summed E-state index contributed by atoms with van der Waals surface area (Å²) in [4.78, 5) is 27.7. The van der Waals surface area contributed by atoms with Crippen molar-refractivity contribution in [1.82, 2.24) is 0 Å². The summed E-state index contributed by atoms with van der Waals surface area (Å²) in [5, 5.41) is 13.8. The number of morpholine rings is 1. The number of nitro groups is 1. The van der Waals surface area contributed by atoms with E-state index >= 15 is 0 Å².